The summed E-state index contributed by atoms with van der Waals surface area (Å²) in [6.07, 6.45) is 6.78. The number of non-ortho nitro benzene ring substituents is 2. The molecular formula is C81H67N5O8S2. The van der Waals surface area contributed by atoms with Gasteiger partial charge in [-0.15, -0.1) is 0 Å². The molecule has 0 amide bonds. The van der Waals surface area contributed by atoms with E-state index in [2.05, 4.69) is 126 Å². The van der Waals surface area contributed by atoms with Gasteiger partial charge in [-0.3, -0.25) is 45.4 Å². The fourth-order valence-corrected chi connectivity index (χ4v) is 11.7. The zero-order valence-corrected chi connectivity index (χ0v) is 54.4. The van der Waals surface area contributed by atoms with Gasteiger partial charge in [-0.05, 0) is 157 Å². The summed E-state index contributed by atoms with van der Waals surface area (Å²) in [4.78, 5) is 45.9. The third-order valence-corrected chi connectivity index (χ3v) is 16.8. The third kappa shape index (κ3) is 20.8. The molecule has 0 aliphatic heterocycles. The van der Waals surface area contributed by atoms with Crippen LogP contribution in [0.3, 0.4) is 0 Å². The summed E-state index contributed by atoms with van der Waals surface area (Å²) in [5.41, 5.74) is 16.5. The SMILES string of the molecule is Cc1ccc(Cc2ccccc2)c([N+](=O)[O-])c1.Cc1ccc(Cc2ccccc2)cc1.O=[N+]([O-])c1cc(-c2ccccc2)cs1.O=[N+]([O-])c1ccc(Cc2ccccc2)c2ccccc12.O=[N+]([O-])c1ccc2cc(Cc3ccncc3)ccc2c1.c1ccc(-c2ccsc2)cc1. The van der Waals surface area contributed by atoms with E-state index in [1.807, 2.05) is 159 Å². The molecule has 0 radical (unpaired) electrons. The largest absolute Gasteiger partial charge is 0.324 e. The second-order valence-corrected chi connectivity index (χ2v) is 23.9. The molecule has 0 aliphatic rings. The standard InChI is InChI=1S/C17H13NO2.C16H12N2O2.C14H13NO2.C14H14.C10H7NO2S.C10H8S/c19-18(20)17-11-10-14(12-13-6-2-1-3-7-13)15-8-4-5-9-16(15)17;19-18(20)16-4-3-14-10-13(1-2-15(14)11-16)9-12-5-7-17-8-6-12;1-11-7-8-13(14(9-11)15(16)17)10-12-5-3-2-4-6-12;1-12-7-9-14(10-8-12)11-13-5-3-2-4-6-13;12-11(13)10-6-9(7-14-10)8-4-2-1-3-5-8;1-2-4-9(5-3-1)10-6-7-11-8-10/h1-11H,12H2;1-8,10-11H,9H2;2-9H,10H2,1H3;2-10H,11H2,1H3;1-7H;1-8H. The average molecular weight is 1300 g/mol. The molecule has 0 bridgehead atoms. The number of nitro benzene ring substituents is 3. The van der Waals surface area contributed by atoms with E-state index in [1.54, 1.807) is 65.5 Å². The van der Waals surface area contributed by atoms with Crippen molar-refractivity contribution in [3.05, 3.63) is 416 Å². The van der Waals surface area contributed by atoms with Crippen LogP contribution in [0.15, 0.2) is 320 Å². The lowest BCUT2D eigenvalue weighted by atomic mass is 9.97. The lowest BCUT2D eigenvalue weighted by Crippen LogP contribution is -1.97. The first-order valence-corrected chi connectivity index (χ1v) is 32.5. The number of aromatic nitrogens is 1. The van der Waals surface area contributed by atoms with Gasteiger partial charge in [0.05, 0.1) is 25.1 Å². The van der Waals surface area contributed by atoms with Crippen LogP contribution >= 0.6 is 22.7 Å². The van der Waals surface area contributed by atoms with Crippen molar-refractivity contribution < 1.29 is 19.7 Å². The third-order valence-electron chi connectivity index (χ3n) is 15.2. The summed E-state index contributed by atoms with van der Waals surface area (Å²) in [5, 5.41) is 53.1. The highest BCUT2D eigenvalue weighted by atomic mass is 32.1. The minimum atomic E-state index is -0.371. The second kappa shape index (κ2) is 35.2. The van der Waals surface area contributed by atoms with Gasteiger partial charge in [0, 0.05) is 60.1 Å². The van der Waals surface area contributed by atoms with Crippen LogP contribution in [0.5, 0.6) is 0 Å². The van der Waals surface area contributed by atoms with Crippen LogP contribution in [0.1, 0.15) is 55.6 Å². The number of benzene rings is 11. The van der Waals surface area contributed by atoms with E-state index < -0.39 is 0 Å². The average Bonchev–Trinajstić information content (AvgIpc) is 1.05. The summed E-state index contributed by atoms with van der Waals surface area (Å²) in [7, 11) is 0. The maximum Gasteiger partial charge on any atom is 0.324 e. The van der Waals surface area contributed by atoms with Crippen molar-refractivity contribution in [1.82, 2.24) is 4.98 Å². The molecule has 0 fully saturated rings. The summed E-state index contributed by atoms with van der Waals surface area (Å²) in [6.45, 7) is 3.98. The molecule has 15 heteroatoms. The molecule has 0 unspecified atom stereocenters. The molecule has 13 nitrogen and oxygen atoms in total. The molecule has 14 rings (SSSR count). The monoisotopic (exact) mass is 1300 g/mol. The summed E-state index contributed by atoms with van der Waals surface area (Å²) < 4.78 is 0. The van der Waals surface area contributed by atoms with Crippen molar-refractivity contribution >= 4 is 66.3 Å². The molecule has 0 saturated heterocycles. The molecule has 0 N–H and O–H groups in total. The van der Waals surface area contributed by atoms with Crippen LogP contribution in [0.25, 0.3) is 43.8 Å². The Morgan fingerprint density at radius 2 is 0.802 bits per heavy atom. The molecule has 3 heterocycles. The first kappa shape index (κ1) is 68.5. The van der Waals surface area contributed by atoms with E-state index in [0.29, 0.717) is 11.8 Å². The molecule has 0 aliphatic carbocycles. The normalized spacial score (nSPS) is 10.3. The van der Waals surface area contributed by atoms with Gasteiger partial charge in [0.1, 0.15) is 0 Å². The Morgan fingerprint density at radius 3 is 1.35 bits per heavy atom. The Bertz CT molecular complexity index is 4780. The van der Waals surface area contributed by atoms with Gasteiger partial charge in [0.15, 0.2) is 0 Å². The number of pyridine rings is 1. The number of aryl methyl sites for hydroxylation is 2. The highest BCUT2D eigenvalue weighted by Crippen LogP contribution is 2.32. The topological polar surface area (TPSA) is 185 Å². The fourth-order valence-electron chi connectivity index (χ4n) is 10.3. The molecule has 14 aromatic rings. The van der Waals surface area contributed by atoms with Gasteiger partial charge in [-0.1, -0.05) is 247 Å². The Hall–Kier alpha value is -11.9. The predicted octanol–water partition coefficient (Wildman–Crippen LogP) is 21.9. The summed E-state index contributed by atoms with van der Waals surface area (Å²) in [6, 6.07) is 94.2. The van der Waals surface area contributed by atoms with E-state index in [-0.39, 0.29) is 41.8 Å². The predicted molar refractivity (Wildman–Crippen MR) is 391 cm³/mol. The zero-order chi connectivity index (χ0) is 67.4. The van der Waals surface area contributed by atoms with Crippen molar-refractivity contribution in [3.8, 4) is 22.3 Å². The molecule has 0 saturated carbocycles. The molecular weight excluding hydrogens is 1240 g/mol. The molecule has 0 atom stereocenters. The van der Waals surface area contributed by atoms with Gasteiger partial charge < -0.3 is 0 Å². The van der Waals surface area contributed by atoms with E-state index in [4.69, 9.17) is 0 Å². The highest BCUT2D eigenvalue weighted by Gasteiger charge is 2.16. The molecule has 476 valence electrons. The summed E-state index contributed by atoms with van der Waals surface area (Å²) >= 11 is 2.89. The first-order valence-electron chi connectivity index (χ1n) is 30.7. The minimum Gasteiger partial charge on any atom is -0.265 e. The quantitative estimate of drug-likeness (QED) is 0.0754. The van der Waals surface area contributed by atoms with Crippen molar-refractivity contribution in [1.29, 1.82) is 0 Å². The van der Waals surface area contributed by atoms with Crippen molar-refractivity contribution in [2.45, 2.75) is 39.5 Å². The van der Waals surface area contributed by atoms with Gasteiger partial charge >= 0.3 is 5.00 Å². The van der Waals surface area contributed by atoms with Crippen LogP contribution in [0.4, 0.5) is 22.1 Å². The van der Waals surface area contributed by atoms with Crippen molar-refractivity contribution in [2.75, 3.05) is 0 Å². The maximum absolute atomic E-state index is 11.1. The molecule has 0 spiro atoms. The molecule has 3 aromatic heterocycles. The van der Waals surface area contributed by atoms with E-state index in [1.165, 1.54) is 44.5 Å². The number of thiophene rings is 2. The Balaban J connectivity index is 0.000000137. The number of rotatable bonds is 14. The molecule has 96 heavy (non-hydrogen) atoms. The summed E-state index contributed by atoms with van der Waals surface area (Å²) in [5.74, 6) is 0. The number of nitrogens with zero attached hydrogens (tertiary/aromatic N) is 5. The number of hydrogen-bond donors (Lipinski definition) is 0. The highest BCUT2D eigenvalue weighted by molar-refractivity contribution is 7.13. The van der Waals surface area contributed by atoms with Gasteiger partial charge in [0.2, 0.25) is 0 Å². The van der Waals surface area contributed by atoms with Gasteiger partial charge in [-0.2, -0.15) is 11.3 Å². The van der Waals surface area contributed by atoms with E-state index in [9.17, 15) is 40.5 Å². The van der Waals surface area contributed by atoms with E-state index in [0.717, 1.165) is 80.1 Å². The zero-order valence-electron chi connectivity index (χ0n) is 52.7. The maximum atomic E-state index is 11.1. The van der Waals surface area contributed by atoms with E-state index >= 15 is 0 Å². The van der Waals surface area contributed by atoms with Gasteiger partial charge in [-0.25, -0.2) is 0 Å². The van der Waals surface area contributed by atoms with Crippen LogP contribution in [0, 0.1) is 54.3 Å². The fraction of sp³-hybridized carbons (Fsp3) is 0.0741. The van der Waals surface area contributed by atoms with Crippen LogP contribution < -0.4 is 0 Å². The van der Waals surface area contributed by atoms with Crippen molar-refractivity contribution in [2.24, 2.45) is 0 Å². The number of nitro groups is 4. The minimum absolute atomic E-state index is 0.124. The number of fused-ring (bicyclic) bond motifs is 2. The van der Waals surface area contributed by atoms with Crippen LogP contribution in [0.2, 0.25) is 0 Å². The Kier molecular flexibility index (Phi) is 25.1. The Labute approximate surface area is 565 Å². The number of hydrogen-bond acceptors (Lipinski definition) is 11. The lowest BCUT2D eigenvalue weighted by molar-refractivity contribution is -0.385. The first-order chi connectivity index (χ1) is 46.7. The second-order valence-electron chi connectivity index (χ2n) is 22.2. The Morgan fingerprint density at radius 1 is 0.333 bits per heavy atom. The smallest absolute Gasteiger partial charge is 0.265 e. The van der Waals surface area contributed by atoms with Crippen LogP contribution in [-0.4, -0.2) is 24.7 Å². The van der Waals surface area contributed by atoms with Gasteiger partial charge in [0.25, 0.3) is 17.1 Å². The van der Waals surface area contributed by atoms with Crippen LogP contribution in [-0.2, 0) is 25.7 Å². The lowest BCUT2D eigenvalue weighted by Gasteiger charge is -2.07. The molecule has 11 aromatic carbocycles. The van der Waals surface area contributed by atoms with Crippen molar-refractivity contribution in [3.63, 3.8) is 0 Å².